The lowest BCUT2D eigenvalue weighted by molar-refractivity contribution is -0.385. The van der Waals surface area contributed by atoms with Crippen molar-refractivity contribution in [3.05, 3.63) is 33.4 Å². The van der Waals surface area contributed by atoms with E-state index < -0.39 is 10.9 Å². The van der Waals surface area contributed by atoms with Gasteiger partial charge in [0.15, 0.2) is 5.17 Å². The highest BCUT2D eigenvalue weighted by Crippen LogP contribution is 2.32. The van der Waals surface area contributed by atoms with Crippen molar-refractivity contribution >= 4 is 28.6 Å². The number of benzene rings is 1. The number of hydrogen-bond donors (Lipinski definition) is 2. The van der Waals surface area contributed by atoms with E-state index in [9.17, 15) is 14.9 Å². The van der Waals surface area contributed by atoms with E-state index in [-0.39, 0.29) is 23.0 Å². The summed E-state index contributed by atoms with van der Waals surface area (Å²) in [7, 11) is 6.11. The largest absolute Gasteiger partial charge is 0.465 e. The highest BCUT2D eigenvalue weighted by atomic mass is 32.2. The first-order valence-corrected chi connectivity index (χ1v) is 7.44. The molecule has 0 atom stereocenters. The second-order valence-corrected chi connectivity index (χ2v) is 6.03. The van der Waals surface area contributed by atoms with Gasteiger partial charge in [-0.2, -0.15) is 5.53 Å². The lowest BCUT2D eigenvalue weighted by Gasteiger charge is -2.16. The SMILES string of the molecule is COC(=O)c1cc([N+](=O)[O-])c(CN(C)C)cc1SC(=N)N(C)N=N. The second kappa shape index (κ2) is 8.36. The molecule has 0 unspecified atom stereocenters. The van der Waals surface area contributed by atoms with Crippen LogP contribution in [0.3, 0.4) is 0 Å². The number of nitrogens with one attached hydrogen (secondary N) is 2. The molecular weight excluding hydrogens is 336 g/mol. The number of ether oxygens (including phenoxy) is 1. The summed E-state index contributed by atoms with van der Waals surface area (Å²) in [5.41, 5.74) is 7.10. The first-order chi connectivity index (χ1) is 11.2. The number of thioether (sulfide) groups is 1. The van der Waals surface area contributed by atoms with Crippen LogP contribution in [0.25, 0.3) is 0 Å². The normalized spacial score (nSPS) is 10.4. The fourth-order valence-electron chi connectivity index (χ4n) is 1.82. The number of carbonyl (C=O) groups excluding carboxylic acids is 1. The number of methoxy groups -OCH3 is 1. The third-order valence-electron chi connectivity index (χ3n) is 2.92. The van der Waals surface area contributed by atoms with Crippen LogP contribution >= 0.6 is 11.8 Å². The van der Waals surface area contributed by atoms with E-state index in [1.54, 1.807) is 19.0 Å². The fraction of sp³-hybridized carbons (Fsp3) is 0.385. The predicted octanol–water partition coefficient (Wildman–Crippen LogP) is 2.35. The molecule has 0 heterocycles. The van der Waals surface area contributed by atoms with Crippen LogP contribution in [-0.2, 0) is 11.3 Å². The van der Waals surface area contributed by atoms with Crippen molar-refractivity contribution in [1.29, 1.82) is 10.9 Å². The van der Waals surface area contributed by atoms with E-state index in [0.717, 1.165) is 22.8 Å². The van der Waals surface area contributed by atoms with Crippen molar-refractivity contribution in [2.75, 3.05) is 28.3 Å². The maximum absolute atomic E-state index is 12.0. The zero-order valence-electron chi connectivity index (χ0n) is 13.7. The Morgan fingerprint density at radius 1 is 1.42 bits per heavy atom. The highest BCUT2D eigenvalue weighted by Gasteiger charge is 2.24. The third kappa shape index (κ3) is 4.73. The lowest BCUT2D eigenvalue weighted by Crippen LogP contribution is -2.17. The first-order valence-electron chi connectivity index (χ1n) is 6.63. The van der Waals surface area contributed by atoms with Crippen molar-refractivity contribution in [2.45, 2.75) is 11.4 Å². The zero-order chi connectivity index (χ0) is 18.4. The van der Waals surface area contributed by atoms with Crippen LogP contribution in [0.4, 0.5) is 5.69 Å². The molecule has 0 aliphatic carbocycles. The van der Waals surface area contributed by atoms with Gasteiger partial charge in [-0.05, 0) is 31.9 Å². The van der Waals surface area contributed by atoms with Gasteiger partial charge in [0.2, 0.25) is 0 Å². The van der Waals surface area contributed by atoms with E-state index >= 15 is 0 Å². The summed E-state index contributed by atoms with van der Waals surface area (Å²) in [5, 5.41) is 23.1. The summed E-state index contributed by atoms with van der Waals surface area (Å²) in [6, 6.07) is 2.64. The molecule has 0 aromatic heterocycles. The van der Waals surface area contributed by atoms with Gasteiger partial charge < -0.3 is 9.64 Å². The number of esters is 1. The van der Waals surface area contributed by atoms with Gasteiger partial charge >= 0.3 is 5.97 Å². The molecule has 0 radical (unpaired) electrons. The fourth-order valence-corrected chi connectivity index (χ4v) is 2.65. The summed E-state index contributed by atoms with van der Waals surface area (Å²) >= 11 is 0.862. The molecule has 0 bridgehead atoms. The Labute approximate surface area is 142 Å². The Hall–Kier alpha value is -2.53. The first kappa shape index (κ1) is 19.5. The van der Waals surface area contributed by atoms with Crippen LogP contribution in [0, 0.1) is 21.1 Å². The van der Waals surface area contributed by atoms with Gasteiger partial charge in [-0.3, -0.25) is 15.5 Å². The van der Waals surface area contributed by atoms with Gasteiger partial charge in [-0.15, -0.1) is 0 Å². The summed E-state index contributed by atoms with van der Waals surface area (Å²) in [6.45, 7) is 0.289. The van der Waals surface area contributed by atoms with Crippen LogP contribution in [0.1, 0.15) is 15.9 Å². The van der Waals surface area contributed by atoms with Crippen LogP contribution < -0.4 is 0 Å². The van der Waals surface area contributed by atoms with Gasteiger partial charge in [-0.25, -0.2) is 9.80 Å². The maximum atomic E-state index is 12.0. The molecule has 0 saturated heterocycles. The van der Waals surface area contributed by atoms with Gasteiger partial charge in [0, 0.05) is 30.1 Å². The maximum Gasteiger partial charge on any atom is 0.339 e. The van der Waals surface area contributed by atoms with Crippen LogP contribution in [0.15, 0.2) is 22.3 Å². The molecule has 1 aromatic carbocycles. The van der Waals surface area contributed by atoms with E-state index in [1.165, 1.54) is 20.2 Å². The summed E-state index contributed by atoms with van der Waals surface area (Å²) in [6.07, 6.45) is 0. The third-order valence-corrected chi connectivity index (χ3v) is 3.94. The minimum absolute atomic E-state index is 0.0140. The lowest BCUT2D eigenvalue weighted by atomic mass is 10.1. The van der Waals surface area contributed by atoms with Crippen molar-refractivity contribution in [2.24, 2.45) is 5.22 Å². The number of nitro groups is 1. The molecule has 0 aliphatic rings. The topological polar surface area (TPSA) is 136 Å². The summed E-state index contributed by atoms with van der Waals surface area (Å²) in [5.74, 6) is -0.740. The molecule has 130 valence electrons. The van der Waals surface area contributed by atoms with Gasteiger partial charge in [0.1, 0.15) is 0 Å². The molecule has 11 heteroatoms. The highest BCUT2D eigenvalue weighted by molar-refractivity contribution is 8.13. The number of carbonyl (C=O) groups is 1. The molecule has 1 aromatic rings. The molecule has 24 heavy (non-hydrogen) atoms. The number of nitro benzene ring substituents is 1. The van der Waals surface area contributed by atoms with Gasteiger partial charge in [0.05, 0.1) is 17.6 Å². The summed E-state index contributed by atoms with van der Waals surface area (Å²) < 4.78 is 4.67. The number of amidine groups is 1. The van der Waals surface area contributed by atoms with Crippen molar-refractivity contribution < 1.29 is 14.5 Å². The second-order valence-electron chi connectivity index (χ2n) is 4.99. The number of rotatable bonds is 6. The molecule has 0 amide bonds. The number of hydrogen-bond acceptors (Lipinski definition) is 9. The van der Waals surface area contributed by atoms with Crippen molar-refractivity contribution in [3.63, 3.8) is 0 Å². The quantitative estimate of drug-likeness (QED) is 0.152. The minimum Gasteiger partial charge on any atom is -0.465 e. The average molecular weight is 354 g/mol. The van der Waals surface area contributed by atoms with Crippen LogP contribution in [0.2, 0.25) is 0 Å². The van der Waals surface area contributed by atoms with Gasteiger partial charge in [-0.1, -0.05) is 5.22 Å². The van der Waals surface area contributed by atoms with E-state index in [0.29, 0.717) is 10.5 Å². The number of nitrogens with zero attached hydrogens (tertiary/aromatic N) is 4. The Morgan fingerprint density at radius 2 is 2.04 bits per heavy atom. The van der Waals surface area contributed by atoms with Gasteiger partial charge in [0.25, 0.3) is 5.69 Å². The molecule has 2 N–H and O–H groups in total. The standard InChI is InChI=1S/C13H18N6O4S/c1-17(2)7-8-5-11(24-13(14)18(3)16-15)9(12(20)23-4)6-10(8)19(21)22/h5-6,14-15H,7H2,1-4H3. The Bertz CT molecular complexity index is 679. The van der Waals surface area contributed by atoms with E-state index in [4.69, 9.17) is 10.9 Å². The minimum atomic E-state index is -0.740. The van der Waals surface area contributed by atoms with Crippen molar-refractivity contribution in [1.82, 2.24) is 9.91 Å². The van der Waals surface area contributed by atoms with E-state index in [1.807, 2.05) is 0 Å². The molecule has 0 saturated carbocycles. The predicted molar refractivity (Wildman–Crippen MR) is 88.3 cm³/mol. The summed E-state index contributed by atoms with van der Waals surface area (Å²) in [4.78, 5) is 24.8. The molecule has 0 spiro atoms. The smallest absolute Gasteiger partial charge is 0.339 e. The molecular formula is C13H18N6O4S. The Kier molecular flexibility index (Phi) is 6.80. The van der Waals surface area contributed by atoms with Crippen LogP contribution in [0.5, 0.6) is 0 Å². The molecule has 0 fully saturated rings. The van der Waals surface area contributed by atoms with Crippen molar-refractivity contribution in [3.8, 4) is 0 Å². The molecule has 0 aliphatic heterocycles. The monoisotopic (exact) mass is 354 g/mol. The Morgan fingerprint density at radius 3 is 2.50 bits per heavy atom. The average Bonchev–Trinajstić information content (AvgIpc) is 2.52. The van der Waals surface area contributed by atoms with E-state index in [2.05, 4.69) is 9.96 Å². The zero-order valence-corrected chi connectivity index (χ0v) is 14.5. The molecule has 10 nitrogen and oxygen atoms in total. The molecule has 1 rings (SSSR count). The van der Waals surface area contributed by atoms with Crippen LogP contribution in [-0.4, -0.2) is 54.2 Å². The Balaban J connectivity index is 3.46.